The molecule has 3 rings (SSSR count). The van der Waals surface area contributed by atoms with Crippen molar-refractivity contribution in [3.05, 3.63) is 102 Å². The van der Waals surface area contributed by atoms with Gasteiger partial charge in [0, 0.05) is 13.0 Å². The zero-order chi connectivity index (χ0) is 34.9. The van der Waals surface area contributed by atoms with Crippen LogP contribution in [0.5, 0.6) is 5.75 Å². The summed E-state index contributed by atoms with van der Waals surface area (Å²) in [6, 6.07) is 22.9. The molecule has 2 atom stereocenters. The van der Waals surface area contributed by atoms with Gasteiger partial charge in [-0.1, -0.05) is 92.6 Å². The summed E-state index contributed by atoms with van der Waals surface area (Å²) in [5.41, 5.74) is 1.20. The normalized spacial score (nSPS) is 12.7. The Balaban J connectivity index is 1.85. The van der Waals surface area contributed by atoms with E-state index in [0.29, 0.717) is 24.9 Å². The number of unbranched alkanes of at least 4 members (excludes halogenated alkanes) is 2. The Kier molecular flexibility index (Phi) is 14.4. The van der Waals surface area contributed by atoms with Crippen molar-refractivity contribution in [2.45, 2.75) is 76.0 Å². The first-order valence-corrected chi connectivity index (χ1v) is 15.9. The zero-order valence-corrected chi connectivity index (χ0v) is 26.9. The first-order valence-electron chi connectivity index (χ1n) is 15.9. The van der Waals surface area contributed by atoms with Gasteiger partial charge in [-0.05, 0) is 54.5 Å². The number of ether oxygens (including phenoxy) is 1. The van der Waals surface area contributed by atoms with Crippen molar-refractivity contribution < 1.29 is 44.0 Å². The van der Waals surface area contributed by atoms with Crippen LogP contribution < -0.4 is 20.7 Å². The second-order valence-corrected chi connectivity index (χ2v) is 11.7. The molecule has 6 N–H and O–H groups in total. The van der Waals surface area contributed by atoms with Crippen LogP contribution in [-0.4, -0.2) is 69.4 Å². The van der Waals surface area contributed by atoms with E-state index in [4.69, 9.17) is 14.9 Å². The molecule has 1 unspecified atom stereocenters. The fourth-order valence-corrected chi connectivity index (χ4v) is 5.33. The minimum atomic E-state index is -2.09. The van der Waals surface area contributed by atoms with Crippen LogP contribution >= 0.6 is 0 Å². The van der Waals surface area contributed by atoms with E-state index in [1.54, 1.807) is 0 Å². The third kappa shape index (κ3) is 12.4. The molecule has 256 valence electrons. The lowest BCUT2D eigenvalue weighted by Crippen LogP contribution is -2.58. The van der Waals surface area contributed by atoms with Gasteiger partial charge in [-0.3, -0.25) is 9.59 Å². The molecule has 12 heteroatoms. The number of aryl methyl sites for hydroxylation is 1. The summed E-state index contributed by atoms with van der Waals surface area (Å²) in [5.74, 6) is -4.83. The molecule has 3 aromatic rings. The molecule has 0 spiro atoms. The van der Waals surface area contributed by atoms with E-state index < -0.39 is 47.5 Å². The lowest BCUT2D eigenvalue weighted by atomic mass is 9.82. The Labute approximate surface area is 279 Å². The van der Waals surface area contributed by atoms with Crippen LogP contribution in [0.4, 0.5) is 4.79 Å². The van der Waals surface area contributed by atoms with E-state index in [2.05, 4.69) is 16.0 Å². The van der Waals surface area contributed by atoms with Crippen LogP contribution in [0.3, 0.4) is 0 Å². The Morgan fingerprint density at radius 3 is 1.94 bits per heavy atom. The molecule has 0 saturated carbocycles. The van der Waals surface area contributed by atoms with Crippen LogP contribution in [0.1, 0.15) is 55.7 Å². The maximum absolute atomic E-state index is 13.7. The van der Waals surface area contributed by atoms with Crippen LogP contribution in [0, 0.1) is 0 Å². The van der Waals surface area contributed by atoms with Gasteiger partial charge >= 0.3 is 23.9 Å². The molecule has 12 nitrogen and oxygen atoms in total. The van der Waals surface area contributed by atoms with E-state index in [1.807, 2.05) is 67.6 Å². The Hall–Kier alpha value is -5.39. The molecule has 0 saturated heterocycles. The number of urea groups is 1. The number of nitrogens with one attached hydrogen (secondary N) is 3. The van der Waals surface area contributed by atoms with Gasteiger partial charge in [-0.2, -0.15) is 0 Å². The molecule has 3 amide bonds. The molecule has 0 aliphatic heterocycles. The smallest absolute Gasteiger partial charge is 0.356 e. The third-order valence-electron chi connectivity index (χ3n) is 7.76. The van der Waals surface area contributed by atoms with Crippen LogP contribution in [0.25, 0.3) is 0 Å². The van der Waals surface area contributed by atoms with E-state index in [0.717, 1.165) is 30.4 Å². The maximum Gasteiger partial charge on any atom is 0.356 e. The predicted molar refractivity (Wildman–Crippen MR) is 178 cm³/mol. The number of carbonyl (C=O) groups is 5. The number of aliphatic carboxylic acids is 3. The van der Waals surface area contributed by atoms with Gasteiger partial charge in [0.15, 0.2) is 0 Å². The second-order valence-electron chi connectivity index (χ2n) is 11.7. The zero-order valence-electron chi connectivity index (χ0n) is 26.9. The first kappa shape index (κ1) is 37.1. The molecule has 0 aliphatic carbocycles. The Bertz CT molecular complexity index is 1490. The van der Waals surface area contributed by atoms with Crippen LogP contribution in [0.2, 0.25) is 0 Å². The second kappa shape index (κ2) is 18.7. The Morgan fingerprint density at radius 2 is 1.38 bits per heavy atom. The number of benzene rings is 3. The lowest BCUT2D eigenvalue weighted by molar-refractivity contribution is -0.159. The van der Waals surface area contributed by atoms with E-state index >= 15 is 0 Å². The van der Waals surface area contributed by atoms with Crippen molar-refractivity contribution in [2.24, 2.45) is 0 Å². The lowest BCUT2D eigenvalue weighted by Gasteiger charge is -2.35. The highest BCUT2D eigenvalue weighted by molar-refractivity contribution is 5.96. The van der Waals surface area contributed by atoms with Gasteiger partial charge in [-0.25, -0.2) is 14.4 Å². The summed E-state index contributed by atoms with van der Waals surface area (Å²) >= 11 is 0. The summed E-state index contributed by atoms with van der Waals surface area (Å²) in [4.78, 5) is 61.7. The maximum atomic E-state index is 13.7. The number of carboxylic acid groups (broad SMARTS) is 3. The van der Waals surface area contributed by atoms with Crippen molar-refractivity contribution >= 4 is 29.8 Å². The summed E-state index contributed by atoms with van der Waals surface area (Å²) in [6.45, 7) is 2.44. The molecule has 0 fully saturated rings. The summed E-state index contributed by atoms with van der Waals surface area (Å²) in [5, 5.41) is 36.7. The highest BCUT2D eigenvalue weighted by atomic mass is 16.5. The molecule has 0 heterocycles. The summed E-state index contributed by atoms with van der Waals surface area (Å²) in [6.07, 6.45) is 1.25. The van der Waals surface area contributed by atoms with E-state index in [-0.39, 0.29) is 25.0 Å². The predicted octanol–water partition coefficient (Wildman–Crippen LogP) is 4.21. The SMILES string of the molecule is CCCCCNC(=O)[C@H](Cc1ccc(OC(C(=O)O)C(=O)O)cc1)NC(=O)NC(CCc1ccccc1)(CC(=O)O)Cc1ccccc1. The van der Waals surface area contributed by atoms with Crippen molar-refractivity contribution in [2.75, 3.05) is 6.54 Å². The largest absolute Gasteiger partial charge is 0.481 e. The van der Waals surface area contributed by atoms with Gasteiger partial charge in [0.05, 0.1) is 12.0 Å². The van der Waals surface area contributed by atoms with Crippen molar-refractivity contribution in [1.29, 1.82) is 0 Å². The molecule has 3 aromatic carbocycles. The van der Waals surface area contributed by atoms with Crippen molar-refractivity contribution in [3.63, 3.8) is 0 Å². The minimum Gasteiger partial charge on any atom is -0.481 e. The molecule has 0 radical (unpaired) electrons. The topological polar surface area (TPSA) is 191 Å². The average molecular weight is 662 g/mol. The highest BCUT2D eigenvalue weighted by Crippen LogP contribution is 2.25. The summed E-state index contributed by atoms with van der Waals surface area (Å²) < 4.78 is 5.07. The van der Waals surface area contributed by atoms with Crippen molar-refractivity contribution in [1.82, 2.24) is 16.0 Å². The fraction of sp³-hybridized carbons (Fsp3) is 0.361. The molecule has 48 heavy (non-hydrogen) atoms. The van der Waals surface area contributed by atoms with Gasteiger partial charge < -0.3 is 36.0 Å². The summed E-state index contributed by atoms with van der Waals surface area (Å²) in [7, 11) is 0. The third-order valence-corrected chi connectivity index (χ3v) is 7.76. The minimum absolute atomic E-state index is 0.00222. The Morgan fingerprint density at radius 1 is 0.771 bits per heavy atom. The molecular formula is C36H43N3O9. The number of carboxylic acids is 3. The van der Waals surface area contributed by atoms with Gasteiger partial charge in [-0.15, -0.1) is 0 Å². The monoisotopic (exact) mass is 661 g/mol. The molecular weight excluding hydrogens is 618 g/mol. The number of amides is 3. The van der Waals surface area contributed by atoms with Gasteiger partial charge in [0.1, 0.15) is 11.8 Å². The number of hydrogen-bond acceptors (Lipinski definition) is 6. The number of hydrogen-bond donors (Lipinski definition) is 6. The quantitative estimate of drug-likeness (QED) is 0.0761. The van der Waals surface area contributed by atoms with Crippen LogP contribution in [-0.2, 0) is 38.4 Å². The van der Waals surface area contributed by atoms with Gasteiger partial charge in [0.25, 0.3) is 6.10 Å². The van der Waals surface area contributed by atoms with Crippen LogP contribution in [0.15, 0.2) is 84.9 Å². The number of carbonyl (C=O) groups excluding carboxylic acids is 2. The van der Waals surface area contributed by atoms with Crippen molar-refractivity contribution in [3.8, 4) is 5.75 Å². The molecule has 0 aliphatic rings. The van der Waals surface area contributed by atoms with E-state index in [1.165, 1.54) is 24.3 Å². The first-order chi connectivity index (χ1) is 23.0. The average Bonchev–Trinajstić information content (AvgIpc) is 3.05. The molecule has 0 bridgehead atoms. The number of rotatable bonds is 20. The highest BCUT2D eigenvalue weighted by Gasteiger charge is 2.36. The fourth-order valence-electron chi connectivity index (χ4n) is 5.33. The standard InChI is InChI=1S/C36H43N3O9/c1-2-3-10-21-37-32(42)29(22-26-15-17-28(18-16-26)48-31(33(43)44)34(45)46)38-35(47)39-36(24-30(40)41,23-27-13-8-5-9-14-27)20-19-25-11-6-4-7-12-25/h4-9,11-18,29,31H,2-3,10,19-24H2,1H3,(H,37,42)(H,40,41)(H,43,44)(H,45,46)(H2,38,39,47)/t29-,36?/m0/s1. The molecule has 0 aromatic heterocycles. The van der Waals surface area contributed by atoms with E-state index in [9.17, 15) is 29.1 Å². The van der Waals surface area contributed by atoms with Gasteiger partial charge in [0.2, 0.25) is 5.91 Å².